The van der Waals surface area contributed by atoms with Crippen molar-refractivity contribution in [1.82, 2.24) is 9.97 Å². The molecular formula is C27H24ClN5O3. The molecule has 0 bridgehead atoms. The van der Waals surface area contributed by atoms with Crippen molar-refractivity contribution in [3.05, 3.63) is 89.1 Å². The largest absolute Gasteiger partial charge is 0.497 e. The number of anilines is 5. The van der Waals surface area contributed by atoms with Crippen LogP contribution in [-0.2, 0) is 6.54 Å². The zero-order valence-electron chi connectivity index (χ0n) is 20.0. The highest BCUT2D eigenvalue weighted by Gasteiger charge is 2.31. The van der Waals surface area contributed by atoms with E-state index in [0.717, 1.165) is 11.3 Å². The first-order valence-corrected chi connectivity index (χ1v) is 11.6. The molecule has 0 fully saturated rings. The van der Waals surface area contributed by atoms with Gasteiger partial charge in [0.2, 0.25) is 5.95 Å². The van der Waals surface area contributed by atoms with E-state index < -0.39 is 0 Å². The van der Waals surface area contributed by atoms with Crippen molar-refractivity contribution >= 4 is 46.3 Å². The van der Waals surface area contributed by atoms with Crippen molar-refractivity contribution < 1.29 is 14.3 Å². The molecule has 0 spiro atoms. The van der Waals surface area contributed by atoms with E-state index >= 15 is 0 Å². The molecule has 0 unspecified atom stereocenters. The van der Waals surface area contributed by atoms with Crippen LogP contribution in [0.3, 0.4) is 0 Å². The third kappa shape index (κ3) is 4.38. The first kappa shape index (κ1) is 23.4. The summed E-state index contributed by atoms with van der Waals surface area (Å²) >= 11 is 6.07. The molecule has 0 aliphatic carbocycles. The van der Waals surface area contributed by atoms with Crippen molar-refractivity contribution in [2.45, 2.75) is 6.54 Å². The quantitative estimate of drug-likeness (QED) is 0.356. The zero-order chi connectivity index (χ0) is 25.2. The number of hydrogen-bond donors (Lipinski definition) is 1. The van der Waals surface area contributed by atoms with Gasteiger partial charge in [-0.3, -0.25) is 9.69 Å². The summed E-state index contributed by atoms with van der Waals surface area (Å²) in [5.41, 5.74) is 3.56. The Bertz CT molecular complexity index is 1430. The maximum absolute atomic E-state index is 13.7. The number of amides is 1. The topological polar surface area (TPSA) is 79.8 Å². The fraction of sp³-hybridized carbons (Fsp3) is 0.148. The van der Waals surface area contributed by atoms with Crippen LogP contribution < -0.4 is 24.6 Å². The number of carbonyl (C=O) groups is 1. The van der Waals surface area contributed by atoms with Gasteiger partial charge in [0, 0.05) is 18.1 Å². The van der Waals surface area contributed by atoms with E-state index in [1.165, 1.54) is 0 Å². The second-order valence-corrected chi connectivity index (χ2v) is 8.62. The predicted molar refractivity (Wildman–Crippen MR) is 141 cm³/mol. The molecule has 36 heavy (non-hydrogen) atoms. The summed E-state index contributed by atoms with van der Waals surface area (Å²) in [6.07, 6.45) is 1.66. The molecule has 0 saturated carbocycles. The fourth-order valence-electron chi connectivity index (χ4n) is 4.13. The van der Waals surface area contributed by atoms with Crippen LogP contribution in [0.4, 0.5) is 28.8 Å². The van der Waals surface area contributed by atoms with E-state index in [4.69, 9.17) is 26.1 Å². The Morgan fingerprint density at radius 1 is 0.972 bits per heavy atom. The van der Waals surface area contributed by atoms with Gasteiger partial charge in [0.15, 0.2) is 5.82 Å². The van der Waals surface area contributed by atoms with Crippen molar-refractivity contribution in [1.29, 1.82) is 0 Å². The summed E-state index contributed by atoms with van der Waals surface area (Å²) in [6.45, 7) is 0.341. The fourth-order valence-corrected chi connectivity index (χ4v) is 4.26. The van der Waals surface area contributed by atoms with Gasteiger partial charge in [-0.2, -0.15) is 4.98 Å². The molecule has 2 heterocycles. The third-order valence-electron chi connectivity index (χ3n) is 6.01. The highest BCUT2D eigenvalue weighted by molar-refractivity contribution is 6.30. The normalized spacial score (nSPS) is 12.5. The molecule has 1 aliphatic rings. The maximum Gasteiger partial charge on any atom is 0.260 e. The maximum atomic E-state index is 13.7. The minimum absolute atomic E-state index is 0.132. The SMILES string of the molecule is COc1ccc(Nc2ncc3c(n2)N(C)c2ccccc2C(=O)N3Cc2ccc(Cl)cc2)c(OC)c1. The molecule has 1 amide bonds. The summed E-state index contributed by atoms with van der Waals surface area (Å²) in [6, 6.07) is 20.4. The highest BCUT2D eigenvalue weighted by atomic mass is 35.5. The summed E-state index contributed by atoms with van der Waals surface area (Å²) < 4.78 is 10.8. The van der Waals surface area contributed by atoms with Gasteiger partial charge in [-0.15, -0.1) is 0 Å². The van der Waals surface area contributed by atoms with Gasteiger partial charge in [0.05, 0.1) is 43.9 Å². The van der Waals surface area contributed by atoms with E-state index in [0.29, 0.717) is 51.8 Å². The molecule has 4 aromatic rings. The number of benzene rings is 3. The Kier molecular flexibility index (Phi) is 6.35. The number of carbonyl (C=O) groups excluding carboxylic acids is 1. The van der Waals surface area contributed by atoms with Crippen LogP contribution in [-0.4, -0.2) is 37.1 Å². The minimum atomic E-state index is -0.132. The standard InChI is InChI=1S/C27H24ClN5O3/c1-32-22-7-5-4-6-20(22)26(34)33(16-17-8-10-18(28)11-9-17)23-15-29-27(31-25(23)32)30-21-13-12-19(35-2)14-24(21)36-3/h4-15H,16H2,1-3H3,(H,29,30,31). The summed E-state index contributed by atoms with van der Waals surface area (Å²) in [4.78, 5) is 26.7. The Hall–Kier alpha value is -4.30. The molecule has 182 valence electrons. The highest BCUT2D eigenvalue weighted by Crippen LogP contribution is 2.40. The second kappa shape index (κ2) is 9.75. The predicted octanol–water partition coefficient (Wildman–Crippen LogP) is 5.82. The van der Waals surface area contributed by atoms with E-state index in [9.17, 15) is 4.79 Å². The first-order valence-electron chi connectivity index (χ1n) is 11.2. The van der Waals surface area contributed by atoms with Gasteiger partial charge in [-0.05, 0) is 42.0 Å². The lowest BCUT2D eigenvalue weighted by atomic mass is 10.1. The van der Waals surface area contributed by atoms with Gasteiger partial charge in [-0.25, -0.2) is 4.98 Å². The molecule has 0 atom stereocenters. The number of nitrogens with one attached hydrogen (secondary N) is 1. The van der Waals surface area contributed by atoms with Crippen molar-refractivity contribution in [2.24, 2.45) is 0 Å². The average Bonchev–Trinajstić information content (AvgIpc) is 2.99. The van der Waals surface area contributed by atoms with Crippen LogP contribution >= 0.6 is 11.6 Å². The van der Waals surface area contributed by atoms with Crippen LogP contribution in [0.25, 0.3) is 0 Å². The lowest BCUT2D eigenvalue weighted by Crippen LogP contribution is -2.30. The molecule has 1 aromatic heterocycles. The number of rotatable bonds is 6. The molecule has 1 aliphatic heterocycles. The Morgan fingerprint density at radius 2 is 1.75 bits per heavy atom. The van der Waals surface area contributed by atoms with Crippen LogP contribution in [0.15, 0.2) is 72.9 Å². The van der Waals surface area contributed by atoms with E-state index in [1.807, 2.05) is 72.6 Å². The smallest absolute Gasteiger partial charge is 0.260 e. The van der Waals surface area contributed by atoms with Gasteiger partial charge >= 0.3 is 0 Å². The van der Waals surface area contributed by atoms with Crippen molar-refractivity contribution in [3.8, 4) is 11.5 Å². The van der Waals surface area contributed by atoms with E-state index in [-0.39, 0.29) is 5.91 Å². The Balaban J connectivity index is 1.58. The summed E-state index contributed by atoms with van der Waals surface area (Å²) in [5, 5.41) is 3.86. The monoisotopic (exact) mass is 501 g/mol. The number of aromatic nitrogens is 2. The number of halogens is 1. The number of nitrogens with zero attached hydrogens (tertiary/aromatic N) is 4. The number of para-hydroxylation sites is 1. The zero-order valence-corrected chi connectivity index (χ0v) is 20.8. The second-order valence-electron chi connectivity index (χ2n) is 8.19. The van der Waals surface area contributed by atoms with Crippen LogP contribution in [0.2, 0.25) is 5.02 Å². The lowest BCUT2D eigenvalue weighted by Gasteiger charge is -2.24. The molecule has 3 aromatic carbocycles. The van der Waals surface area contributed by atoms with Gasteiger partial charge in [-0.1, -0.05) is 35.9 Å². The number of ether oxygens (including phenoxy) is 2. The third-order valence-corrected chi connectivity index (χ3v) is 6.26. The van der Waals surface area contributed by atoms with Gasteiger partial charge in [0.25, 0.3) is 5.91 Å². The number of methoxy groups -OCH3 is 2. The summed E-state index contributed by atoms with van der Waals surface area (Å²) in [5.74, 6) is 2.08. The molecule has 0 radical (unpaired) electrons. The van der Waals surface area contributed by atoms with Crippen molar-refractivity contribution in [3.63, 3.8) is 0 Å². The van der Waals surface area contributed by atoms with Crippen molar-refractivity contribution in [2.75, 3.05) is 36.4 Å². The number of fused-ring (bicyclic) bond motifs is 2. The average molecular weight is 502 g/mol. The molecule has 9 heteroatoms. The molecule has 1 N–H and O–H groups in total. The van der Waals surface area contributed by atoms with Crippen LogP contribution in [0, 0.1) is 0 Å². The van der Waals surface area contributed by atoms with E-state index in [1.54, 1.807) is 31.4 Å². The number of hydrogen-bond acceptors (Lipinski definition) is 7. The lowest BCUT2D eigenvalue weighted by molar-refractivity contribution is 0.0986. The Labute approximate surface area is 214 Å². The molecule has 8 nitrogen and oxygen atoms in total. The van der Waals surface area contributed by atoms with Crippen LogP contribution in [0.1, 0.15) is 15.9 Å². The van der Waals surface area contributed by atoms with Gasteiger partial charge in [0.1, 0.15) is 17.2 Å². The van der Waals surface area contributed by atoms with Crippen LogP contribution in [0.5, 0.6) is 11.5 Å². The molecular weight excluding hydrogens is 478 g/mol. The summed E-state index contributed by atoms with van der Waals surface area (Å²) in [7, 11) is 5.08. The Morgan fingerprint density at radius 3 is 2.50 bits per heavy atom. The van der Waals surface area contributed by atoms with Gasteiger partial charge < -0.3 is 19.7 Å². The van der Waals surface area contributed by atoms with E-state index in [2.05, 4.69) is 10.3 Å². The first-order chi connectivity index (χ1) is 17.5. The molecule has 0 saturated heterocycles. The molecule has 5 rings (SSSR count). The minimum Gasteiger partial charge on any atom is -0.497 e.